The minimum Gasteiger partial charge on any atom is -0.379 e. The van der Waals surface area contributed by atoms with Gasteiger partial charge in [0, 0.05) is 6.04 Å². The highest BCUT2D eigenvalue weighted by Crippen LogP contribution is 2.24. The van der Waals surface area contributed by atoms with Crippen LogP contribution in [0.1, 0.15) is 36.7 Å². The minimum absolute atomic E-state index is 0.0403. The molecule has 1 saturated carbocycles. The SMILES string of the molecule is CC1CCC(NC(=O)c2nonc2N)C1. The van der Waals surface area contributed by atoms with E-state index in [-0.39, 0.29) is 23.5 Å². The third-order valence-corrected chi connectivity index (χ3v) is 2.76. The van der Waals surface area contributed by atoms with E-state index >= 15 is 0 Å². The van der Waals surface area contributed by atoms with E-state index < -0.39 is 0 Å². The maximum absolute atomic E-state index is 11.6. The van der Waals surface area contributed by atoms with Gasteiger partial charge >= 0.3 is 0 Å². The van der Waals surface area contributed by atoms with Crippen molar-refractivity contribution in [3.63, 3.8) is 0 Å². The van der Waals surface area contributed by atoms with Gasteiger partial charge in [0.05, 0.1) is 0 Å². The largest absolute Gasteiger partial charge is 0.379 e. The molecule has 0 bridgehead atoms. The third kappa shape index (κ3) is 2.08. The first-order chi connectivity index (χ1) is 7.16. The molecule has 1 amide bonds. The first-order valence-corrected chi connectivity index (χ1v) is 5.05. The lowest BCUT2D eigenvalue weighted by Crippen LogP contribution is -2.33. The van der Waals surface area contributed by atoms with Crippen LogP contribution in [0, 0.1) is 5.92 Å². The molecule has 2 atom stereocenters. The summed E-state index contributed by atoms with van der Waals surface area (Å²) < 4.78 is 4.37. The number of rotatable bonds is 2. The van der Waals surface area contributed by atoms with E-state index in [0.717, 1.165) is 19.3 Å². The number of nitrogens with one attached hydrogen (secondary N) is 1. The summed E-state index contributed by atoms with van der Waals surface area (Å²) in [4.78, 5) is 11.6. The van der Waals surface area contributed by atoms with E-state index in [1.165, 1.54) is 0 Å². The fraction of sp³-hybridized carbons (Fsp3) is 0.667. The molecule has 1 heterocycles. The molecule has 1 aliphatic carbocycles. The standard InChI is InChI=1S/C9H14N4O2/c1-5-2-3-6(4-5)11-9(14)7-8(10)13-15-12-7/h5-6H,2-4H2,1H3,(H2,10,13)(H,11,14). The van der Waals surface area contributed by atoms with Gasteiger partial charge in [-0.2, -0.15) is 0 Å². The second-order valence-corrected chi connectivity index (χ2v) is 4.09. The Labute approximate surface area is 87.2 Å². The van der Waals surface area contributed by atoms with Gasteiger partial charge in [-0.25, -0.2) is 4.63 Å². The van der Waals surface area contributed by atoms with Crippen molar-refractivity contribution in [1.29, 1.82) is 0 Å². The number of hydrogen-bond donors (Lipinski definition) is 2. The second kappa shape index (κ2) is 3.88. The Morgan fingerprint density at radius 2 is 2.33 bits per heavy atom. The number of carbonyl (C=O) groups is 1. The van der Waals surface area contributed by atoms with Gasteiger partial charge in [-0.3, -0.25) is 4.79 Å². The molecule has 6 nitrogen and oxygen atoms in total. The molecule has 2 unspecified atom stereocenters. The molecular formula is C9H14N4O2. The number of nitrogens with two attached hydrogens (primary N) is 1. The molecule has 0 spiro atoms. The third-order valence-electron chi connectivity index (χ3n) is 2.76. The Morgan fingerprint density at radius 1 is 1.53 bits per heavy atom. The average Bonchev–Trinajstić information content (AvgIpc) is 2.75. The summed E-state index contributed by atoms with van der Waals surface area (Å²) in [5.41, 5.74) is 5.49. The topological polar surface area (TPSA) is 94.0 Å². The van der Waals surface area contributed by atoms with Gasteiger partial charge in [0.2, 0.25) is 11.5 Å². The summed E-state index contributed by atoms with van der Waals surface area (Å²) >= 11 is 0. The van der Waals surface area contributed by atoms with E-state index in [0.29, 0.717) is 5.92 Å². The van der Waals surface area contributed by atoms with Crippen LogP contribution in [0.4, 0.5) is 5.82 Å². The van der Waals surface area contributed by atoms with E-state index in [1.807, 2.05) is 0 Å². The Kier molecular flexibility index (Phi) is 2.57. The van der Waals surface area contributed by atoms with Crippen molar-refractivity contribution < 1.29 is 9.42 Å². The first kappa shape index (κ1) is 9.95. The second-order valence-electron chi connectivity index (χ2n) is 4.09. The Balaban J connectivity index is 1.96. The molecule has 6 heteroatoms. The van der Waals surface area contributed by atoms with E-state index in [4.69, 9.17) is 5.73 Å². The monoisotopic (exact) mass is 210 g/mol. The van der Waals surface area contributed by atoms with Crippen molar-refractivity contribution in [3.8, 4) is 0 Å². The van der Waals surface area contributed by atoms with E-state index in [2.05, 4.69) is 27.2 Å². The van der Waals surface area contributed by atoms with Crippen LogP contribution in [-0.2, 0) is 0 Å². The molecule has 1 fully saturated rings. The summed E-state index contributed by atoms with van der Waals surface area (Å²) in [5.74, 6) is 0.412. The molecule has 3 N–H and O–H groups in total. The molecule has 0 aromatic carbocycles. The zero-order valence-electron chi connectivity index (χ0n) is 8.56. The quantitative estimate of drug-likeness (QED) is 0.744. The van der Waals surface area contributed by atoms with Crippen molar-refractivity contribution in [2.45, 2.75) is 32.2 Å². The fourth-order valence-corrected chi connectivity index (χ4v) is 1.94. The number of hydrogen-bond acceptors (Lipinski definition) is 5. The number of carbonyl (C=O) groups excluding carboxylic acids is 1. The lowest BCUT2D eigenvalue weighted by Gasteiger charge is -2.10. The molecule has 1 aromatic heterocycles. The maximum atomic E-state index is 11.6. The van der Waals surface area contributed by atoms with Crippen molar-refractivity contribution in [2.24, 2.45) is 5.92 Å². The van der Waals surface area contributed by atoms with Crippen LogP contribution < -0.4 is 11.1 Å². The van der Waals surface area contributed by atoms with Gasteiger partial charge in [-0.1, -0.05) is 6.92 Å². The summed E-state index contributed by atoms with van der Waals surface area (Å²) in [6.45, 7) is 2.18. The molecule has 82 valence electrons. The van der Waals surface area contributed by atoms with Crippen LogP contribution in [0.15, 0.2) is 4.63 Å². The highest BCUT2D eigenvalue weighted by molar-refractivity contribution is 5.96. The smallest absolute Gasteiger partial charge is 0.277 e. The predicted octanol–water partition coefficient (Wildman–Crippen LogP) is 0.570. The van der Waals surface area contributed by atoms with E-state index in [1.54, 1.807) is 0 Å². The number of anilines is 1. The maximum Gasteiger partial charge on any atom is 0.277 e. The molecule has 2 rings (SSSR count). The van der Waals surface area contributed by atoms with Crippen LogP contribution in [0.5, 0.6) is 0 Å². The van der Waals surface area contributed by atoms with Gasteiger partial charge in [0.25, 0.3) is 5.91 Å². The highest BCUT2D eigenvalue weighted by atomic mass is 16.6. The van der Waals surface area contributed by atoms with Gasteiger partial charge in [0.15, 0.2) is 0 Å². The summed E-state index contributed by atoms with van der Waals surface area (Å²) in [5, 5.41) is 9.68. The van der Waals surface area contributed by atoms with Crippen molar-refractivity contribution in [2.75, 3.05) is 5.73 Å². The molecule has 0 aliphatic heterocycles. The minimum atomic E-state index is -0.298. The Bertz CT molecular complexity index is 363. The normalized spacial score (nSPS) is 25.4. The van der Waals surface area contributed by atoms with Gasteiger partial charge in [-0.15, -0.1) is 0 Å². The zero-order chi connectivity index (χ0) is 10.8. The van der Waals surface area contributed by atoms with Crippen LogP contribution in [0.3, 0.4) is 0 Å². The molecular weight excluding hydrogens is 196 g/mol. The zero-order valence-corrected chi connectivity index (χ0v) is 8.56. The van der Waals surface area contributed by atoms with Crippen molar-refractivity contribution >= 4 is 11.7 Å². The number of nitrogens with zero attached hydrogens (tertiary/aromatic N) is 2. The summed E-state index contributed by atoms with van der Waals surface area (Å²) in [6, 6.07) is 0.226. The molecule has 1 aromatic rings. The van der Waals surface area contributed by atoms with E-state index in [9.17, 15) is 4.79 Å². The van der Waals surface area contributed by atoms with Crippen LogP contribution >= 0.6 is 0 Å². The Hall–Kier alpha value is -1.59. The first-order valence-electron chi connectivity index (χ1n) is 5.05. The number of aromatic nitrogens is 2. The molecule has 0 saturated heterocycles. The highest BCUT2D eigenvalue weighted by Gasteiger charge is 2.25. The van der Waals surface area contributed by atoms with Crippen LogP contribution in [0.25, 0.3) is 0 Å². The van der Waals surface area contributed by atoms with Crippen molar-refractivity contribution in [3.05, 3.63) is 5.69 Å². The summed E-state index contributed by atoms with van der Waals surface area (Å²) in [6.07, 6.45) is 3.17. The lowest BCUT2D eigenvalue weighted by molar-refractivity contribution is 0.0928. The average molecular weight is 210 g/mol. The predicted molar refractivity (Wildman–Crippen MR) is 53.0 cm³/mol. The number of nitrogen functional groups attached to an aromatic ring is 1. The van der Waals surface area contributed by atoms with Crippen molar-refractivity contribution in [1.82, 2.24) is 15.6 Å². The Morgan fingerprint density at radius 3 is 2.87 bits per heavy atom. The van der Waals surface area contributed by atoms with Gasteiger partial charge in [-0.05, 0) is 35.5 Å². The molecule has 0 radical (unpaired) electrons. The van der Waals surface area contributed by atoms with Gasteiger partial charge < -0.3 is 11.1 Å². The van der Waals surface area contributed by atoms with Crippen LogP contribution in [0.2, 0.25) is 0 Å². The fourth-order valence-electron chi connectivity index (χ4n) is 1.94. The summed E-state index contributed by atoms with van der Waals surface area (Å²) in [7, 11) is 0. The molecule has 15 heavy (non-hydrogen) atoms. The lowest BCUT2D eigenvalue weighted by atomic mass is 10.1. The van der Waals surface area contributed by atoms with Gasteiger partial charge in [0.1, 0.15) is 0 Å². The molecule has 1 aliphatic rings. The van der Waals surface area contributed by atoms with Crippen LogP contribution in [-0.4, -0.2) is 22.3 Å². The number of amides is 1.